The fraction of sp³-hybridized carbons (Fsp3) is 0.750. The van der Waals surface area contributed by atoms with Gasteiger partial charge in [0.15, 0.2) is 0 Å². The van der Waals surface area contributed by atoms with Crippen molar-refractivity contribution in [2.45, 2.75) is 130 Å². The average Bonchev–Trinajstić information content (AvgIpc) is 2.66. The third-order valence-electron chi connectivity index (χ3n) is 5.97. The Balaban J connectivity index is 2.46. The molecule has 0 aliphatic rings. The van der Waals surface area contributed by atoms with Crippen LogP contribution < -0.4 is 0 Å². The number of aryl methyl sites for hydroxylation is 1. The van der Waals surface area contributed by atoms with E-state index in [9.17, 15) is 9.90 Å². The van der Waals surface area contributed by atoms with Crippen LogP contribution in [0.15, 0.2) is 12.1 Å². The average molecular weight is 433 g/mol. The summed E-state index contributed by atoms with van der Waals surface area (Å²) in [7, 11) is 0. The molecule has 3 heteroatoms. The zero-order valence-corrected chi connectivity index (χ0v) is 21.4. The van der Waals surface area contributed by atoms with Gasteiger partial charge in [0.25, 0.3) is 0 Å². The molecule has 0 spiro atoms. The summed E-state index contributed by atoms with van der Waals surface area (Å²) in [5, 5.41) is 10.8. The number of benzene rings is 1. The van der Waals surface area contributed by atoms with E-state index in [4.69, 9.17) is 4.74 Å². The van der Waals surface area contributed by atoms with Gasteiger partial charge in [0, 0.05) is 6.42 Å². The van der Waals surface area contributed by atoms with Crippen molar-refractivity contribution in [3.8, 4) is 5.75 Å². The van der Waals surface area contributed by atoms with Gasteiger partial charge in [-0.3, -0.25) is 4.79 Å². The number of carbonyl (C=O) groups excluding carboxylic acids is 1. The fourth-order valence-electron chi connectivity index (χ4n) is 3.80. The Morgan fingerprint density at radius 1 is 0.839 bits per heavy atom. The van der Waals surface area contributed by atoms with Crippen molar-refractivity contribution < 1.29 is 14.6 Å². The van der Waals surface area contributed by atoms with Crippen LogP contribution in [0.2, 0.25) is 0 Å². The molecule has 0 heterocycles. The van der Waals surface area contributed by atoms with Crippen LogP contribution >= 0.6 is 0 Å². The van der Waals surface area contributed by atoms with Gasteiger partial charge in [-0.2, -0.15) is 0 Å². The molecule has 1 aromatic rings. The summed E-state index contributed by atoms with van der Waals surface area (Å²) in [6.07, 6.45) is 12.1. The van der Waals surface area contributed by atoms with Crippen LogP contribution in [0, 0.1) is 0 Å². The quantitative estimate of drug-likeness (QED) is 0.254. The molecule has 0 aromatic heterocycles. The van der Waals surface area contributed by atoms with E-state index >= 15 is 0 Å². The maximum Gasteiger partial charge on any atom is 0.306 e. The molecule has 1 rings (SSSR count). The Morgan fingerprint density at radius 3 is 1.90 bits per heavy atom. The van der Waals surface area contributed by atoms with Gasteiger partial charge in [0.2, 0.25) is 0 Å². The van der Waals surface area contributed by atoms with E-state index in [0.717, 1.165) is 24.0 Å². The Labute approximate surface area is 192 Å². The van der Waals surface area contributed by atoms with Crippen LogP contribution in [-0.4, -0.2) is 17.7 Å². The van der Waals surface area contributed by atoms with Crippen LogP contribution in [0.25, 0.3) is 0 Å². The molecular formula is C28H48O3. The smallest absolute Gasteiger partial charge is 0.306 e. The van der Waals surface area contributed by atoms with E-state index in [1.807, 2.05) is 0 Å². The fourth-order valence-corrected chi connectivity index (χ4v) is 3.80. The summed E-state index contributed by atoms with van der Waals surface area (Å²) in [6, 6.07) is 4.17. The van der Waals surface area contributed by atoms with Crippen LogP contribution in [0.1, 0.15) is 129 Å². The van der Waals surface area contributed by atoms with Gasteiger partial charge in [0.1, 0.15) is 5.75 Å². The molecule has 178 valence electrons. The number of aromatic hydroxyl groups is 1. The SMILES string of the molecule is CCCCCCCCCCCOC(=O)CCc1cc(C(C)(C)C)cc(C(C)(C)C)c1O. The summed E-state index contributed by atoms with van der Waals surface area (Å²) in [5.41, 5.74) is 2.80. The van der Waals surface area contributed by atoms with Crippen molar-refractivity contribution in [3.63, 3.8) is 0 Å². The Kier molecular flexibility index (Phi) is 11.7. The maximum atomic E-state index is 12.2. The van der Waals surface area contributed by atoms with Crippen molar-refractivity contribution in [2.75, 3.05) is 6.61 Å². The summed E-state index contributed by atoms with van der Waals surface area (Å²) in [5.74, 6) is 0.157. The van der Waals surface area contributed by atoms with Gasteiger partial charge in [-0.25, -0.2) is 0 Å². The highest BCUT2D eigenvalue weighted by molar-refractivity contribution is 5.70. The minimum absolute atomic E-state index is 0.0149. The summed E-state index contributed by atoms with van der Waals surface area (Å²) < 4.78 is 5.44. The normalized spacial score (nSPS) is 12.2. The van der Waals surface area contributed by atoms with Crippen molar-refractivity contribution >= 4 is 5.97 Å². The van der Waals surface area contributed by atoms with Crippen LogP contribution in [0.3, 0.4) is 0 Å². The topological polar surface area (TPSA) is 46.5 Å². The van der Waals surface area contributed by atoms with E-state index in [1.165, 1.54) is 50.5 Å². The molecule has 0 radical (unpaired) electrons. The molecule has 31 heavy (non-hydrogen) atoms. The summed E-state index contributed by atoms with van der Waals surface area (Å²) in [4.78, 5) is 12.2. The minimum Gasteiger partial charge on any atom is -0.507 e. The number of unbranched alkanes of at least 4 members (excludes halogenated alkanes) is 8. The second-order valence-electron chi connectivity index (χ2n) is 11.1. The lowest BCUT2D eigenvalue weighted by Gasteiger charge is -2.27. The molecule has 0 bridgehead atoms. The van der Waals surface area contributed by atoms with Gasteiger partial charge < -0.3 is 9.84 Å². The number of hydrogen-bond acceptors (Lipinski definition) is 3. The van der Waals surface area contributed by atoms with Crippen LogP contribution in [-0.2, 0) is 26.8 Å². The number of phenols is 1. The molecule has 0 amide bonds. The van der Waals surface area contributed by atoms with Gasteiger partial charge in [-0.05, 0) is 40.4 Å². The van der Waals surface area contributed by atoms with Crippen LogP contribution in [0.4, 0.5) is 0 Å². The van der Waals surface area contributed by atoms with E-state index < -0.39 is 0 Å². The maximum absolute atomic E-state index is 12.2. The van der Waals surface area contributed by atoms with Crippen molar-refractivity contribution in [1.29, 1.82) is 0 Å². The molecule has 0 aliphatic heterocycles. The van der Waals surface area contributed by atoms with Crippen molar-refractivity contribution in [3.05, 3.63) is 28.8 Å². The van der Waals surface area contributed by atoms with E-state index in [0.29, 0.717) is 25.2 Å². The first-order valence-electron chi connectivity index (χ1n) is 12.5. The highest BCUT2D eigenvalue weighted by Gasteiger charge is 2.25. The van der Waals surface area contributed by atoms with Gasteiger partial charge >= 0.3 is 5.97 Å². The predicted octanol–water partition coefficient (Wildman–Crippen LogP) is 7.99. The molecule has 1 N–H and O–H groups in total. The highest BCUT2D eigenvalue weighted by Crippen LogP contribution is 2.38. The Hall–Kier alpha value is -1.51. The van der Waals surface area contributed by atoms with Gasteiger partial charge in [0.05, 0.1) is 6.61 Å². The summed E-state index contributed by atoms with van der Waals surface area (Å²) in [6.45, 7) is 15.6. The minimum atomic E-state index is -0.169. The first kappa shape index (κ1) is 27.5. The van der Waals surface area contributed by atoms with Gasteiger partial charge in [-0.1, -0.05) is 112 Å². The molecule has 0 unspecified atom stereocenters. The van der Waals surface area contributed by atoms with Crippen LogP contribution in [0.5, 0.6) is 5.75 Å². The zero-order valence-electron chi connectivity index (χ0n) is 21.4. The molecule has 0 fully saturated rings. The number of ether oxygens (including phenoxy) is 1. The largest absolute Gasteiger partial charge is 0.507 e. The Bertz CT molecular complexity index is 662. The number of esters is 1. The second-order valence-corrected chi connectivity index (χ2v) is 11.1. The third-order valence-corrected chi connectivity index (χ3v) is 5.97. The monoisotopic (exact) mass is 432 g/mol. The first-order chi connectivity index (χ1) is 14.5. The second kappa shape index (κ2) is 13.1. The van der Waals surface area contributed by atoms with Crippen molar-refractivity contribution in [2.24, 2.45) is 0 Å². The number of rotatable bonds is 13. The molecule has 0 saturated carbocycles. The molecule has 3 nitrogen and oxygen atoms in total. The zero-order chi connectivity index (χ0) is 23.5. The number of carbonyl (C=O) groups is 1. The van der Waals surface area contributed by atoms with Gasteiger partial charge in [-0.15, -0.1) is 0 Å². The molecule has 0 saturated heterocycles. The molecular weight excluding hydrogens is 384 g/mol. The molecule has 0 atom stereocenters. The molecule has 0 aliphatic carbocycles. The van der Waals surface area contributed by atoms with E-state index in [-0.39, 0.29) is 16.8 Å². The predicted molar refractivity (Wildman–Crippen MR) is 132 cm³/mol. The van der Waals surface area contributed by atoms with E-state index in [1.54, 1.807) is 0 Å². The highest BCUT2D eigenvalue weighted by atomic mass is 16.5. The lowest BCUT2D eigenvalue weighted by molar-refractivity contribution is -0.143. The van der Waals surface area contributed by atoms with E-state index in [2.05, 4.69) is 60.6 Å². The standard InChI is InChI=1S/C28H48O3/c1-8-9-10-11-12-13-14-15-16-19-31-25(29)18-17-22-20-23(27(2,3)4)21-24(26(22)30)28(5,6)7/h20-21,30H,8-19H2,1-7H3. The number of hydrogen-bond donors (Lipinski definition) is 1. The third kappa shape index (κ3) is 10.6. The summed E-state index contributed by atoms with van der Waals surface area (Å²) >= 11 is 0. The number of phenolic OH excluding ortho intramolecular Hbond substituents is 1. The lowest BCUT2D eigenvalue weighted by Crippen LogP contribution is -2.18. The first-order valence-corrected chi connectivity index (χ1v) is 12.5. The van der Waals surface area contributed by atoms with Crippen molar-refractivity contribution in [1.82, 2.24) is 0 Å². The molecule has 1 aromatic carbocycles. The lowest BCUT2D eigenvalue weighted by atomic mass is 9.78. The Morgan fingerprint density at radius 2 is 1.39 bits per heavy atom.